The van der Waals surface area contributed by atoms with Crippen LogP contribution in [-0.2, 0) is 16.9 Å². The average molecular weight is 365 g/mol. The van der Waals surface area contributed by atoms with E-state index >= 15 is 0 Å². The van der Waals surface area contributed by atoms with Crippen molar-refractivity contribution < 1.29 is 4.79 Å². The highest BCUT2D eigenvalue weighted by Gasteiger charge is 2.46. The van der Waals surface area contributed by atoms with Gasteiger partial charge >= 0.3 is 0 Å². The first kappa shape index (κ1) is 16.9. The van der Waals surface area contributed by atoms with E-state index in [0.717, 1.165) is 50.5 Å². The Morgan fingerprint density at radius 2 is 2.07 bits per heavy atom. The summed E-state index contributed by atoms with van der Waals surface area (Å²) in [5, 5.41) is 4.84. The monoisotopic (exact) mass is 365 g/mol. The van der Waals surface area contributed by atoms with Crippen molar-refractivity contribution in [3.8, 4) is 0 Å². The summed E-state index contributed by atoms with van der Waals surface area (Å²) in [7, 11) is 0. The Bertz CT molecular complexity index is 834. The van der Waals surface area contributed by atoms with Crippen molar-refractivity contribution in [3.63, 3.8) is 0 Å². The maximum Gasteiger partial charge on any atom is 0.230 e. The van der Waals surface area contributed by atoms with Crippen LogP contribution in [0.1, 0.15) is 43.4 Å². The number of amides is 1. The Balaban J connectivity index is 1.36. The first-order valence-corrected chi connectivity index (χ1v) is 10.1. The Labute approximate surface area is 160 Å². The summed E-state index contributed by atoms with van der Waals surface area (Å²) in [5.41, 5.74) is 2.11. The van der Waals surface area contributed by atoms with Crippen LogP contribution >= 0.6 is 0 Å². The topological polar surface area (TPSA) is 54.3 Å². The lowest BCUT2D eigenvalue weighted by molar-refractivity contribution is -0.123. The minimum atomic E-state index is -0.147. The first-order valence-electron chi connectivity index (χ1n) is 10.1. The molecule has 4 heterocycles. The smallest absolute Gasteiger partial charge is 0.230 e. The lowest BCUT2D eigenvalue weighted by Crippen LogP contribution is -2.54. The molecule has 3 aliphatic rings. The molecule has 0 bridgehead atoms. The quantitative estimate of drug-likeness (QED) is 0.836. The zero-order chi connectivity index (χ0) is 18.4. The molecule has 2 fully saturated rings. The van der Waals surface area contributed by atoms with Crippen molar-refractivity contribution in [2.75, 3.05) is 24.5 Å². The number of hydrogen-bond donors (Lipinski definition) is 0. The maximum atomic E-state index is 13.0. The molecule has 0 aromatic carbocycles. The van der Waals surface area contributed by atoms with Crippen LogP contribution in [0.2, 0.25) is 0 Å². The maximum absolute atomic E-state index is 13.0. The van der Waals surface area contributed by atoms with Gasteiger partial charge in [0.15, 0.2) is 0 Å². The van der Waals surface area contributed by atoms with E-state index in [0.29, 0.717) is 12.3 Å². The molecule has 1 spiro atoms. The fourth-order valence-corrected chi connectivity index (χ4v) is 4.63. The molecule has 6 nitrogen and oxygen atoms in total. The summed E-state index contributed by atoms with van der Waals surface area (Å²) in [6, 6.07) is 6.23. The lowest BCUT2D eigenvalue weighted by atomic mass is 9.82. The lowest BCUT2D eigenvalue weighted by Gasteiger charge is -2.46. The molecule has 142 valence electrons. The Morgan fingerprint density at radius 1 is 1.26 bits per heavy atom. The molecule has 0 unspecified atom stereocenters. The summed E-state index contributed by atoms with van der Waals surface area (Å²) in [6.45, 7) is 5.81. The summed E-state index contributed by atoms with van der Waals surface area (Å²) in [4.78, 5) is 21.7. The third-order valence-electron chi connectivity index (χ3n) is 6.37. The van der Waals surface area contributed by atoms with Gasteiger partial charge in [0.1, 0.15) is 5.82 Å². The molecule has 2 aliphatic heterocycles. The molecule has 0 atom stereocenters. The van der Waals surface area contributed by atoms with Gasteiger partial charge in [-0.1, -0.05) is 6.07 Å². The molecule has 0 radical (unpaired) electrons. The molecule has 1 aliphatic carbocycles. The number of fused-ring (bicyclic) bond motifs is 2. The minimum absolute atomic E-state index is 0.147. The molecule has 1 saturated carbocycles. The summed E-state index contributed by atoms with van der Waals surface area (Å²) in [5.74, 6) is 2.00. The van der Waals surface area contributed by atoms with E-state index in [9.17, 15) is 4.79 Å². The average Bonchev–Trinajstić information content (AvgIpc) is 3.40. The van der Waals surface area contributed by atoms with E-state index in [1.165, 1.54) is 18.4 Å². The van der Waals surface area contributed by atoms with Crippen LogP contribution in [0.5, 0.6) is 0 Å². The van der Waals surface area contributed by atoms with E-state index in [2.05, 4.69) is 26.7 Å². The second kappa shape index (κ2) is 6.44. The summed E-state index contributed by atoms with van der Waals surface area (Å²) < 4.78 is 2.20. The van der Waals surface area contributed by atoms with Crippen LogP contribution in [0.3, 0.4) is 0 Å². The molecule has 0 N–H and O–H groups in total. The standard InChI is InChI=1S/C21H27N5O/c1-16-11-19-25(15-17-4-5-17)20(27)12-21(26(19)23-16)6-9-24(10-7-21)14-18-3-2-8-22-13-18/h2-3,8,11,13,17H,4-7,9-10,12,14-15H2,1H3. The van der Waals surface area contributed by atoms with E-state index in [-0.39, 0.29) is 11.4 Å². The third-order valence-corrected chi connectivity index (χ3v) is 6.37. The number of carbonyl (C=O) groups excluding carboxylic acids is 1. The van der Waals surface area contributed by atoms with Crippen molar-refractivity contribution in [1.82, 2.24) is 19.7 Å². The van der Waals surface area contributed by atoms with Gasteiger partial charge in [0.05, 0.1) is 17.7 Å². The summed E-state index contributed by atoms with van der Waals surface area (Å²) in [6.07, 6.45) is 8.82. The highest BCUT2D eigenvalue weighted by Crippen LogP contribution is 2.43. The van der Waals surface area contributed by atoms with Crippen LogP contribution in [0, 0.1) is 12.8 Å². The molecule has 1 saturated heterocycles. The number of piperidine rings is 1. The number of rotatable bonds is 4. The van der Waals surface area contributed by atoms with Gasteiger partial charge in [0.25, 0.3) is 0 Å². The number of aryl methyl sites for hydroxylation is 1. The van der Waals surface area contributed by atoms with E-state index < -0.39 is 0 Å². The Kier molecular flexibility index (Phi) is 4.04. The normalized spacial score (nSPS) is 22.3. The van der Waals surface area contributed by atoms with Crippen molar-refractivity contribution >= 4 is 11.7 Å². The van der Waals surface area contributed by atoms with Crippen molar-refractivity contribution in [3.05, 3.63) is 41.9 Å². The first-order chi connectivity index (χ1) is 13.1. The van der Waals surface area contributed by atoms with Crippen LogP contribution in [0.25, 0.3) is 0 Å². The van der Waals surface area contributed by atoms with Crippen molar-refractivity contribution in [2.45, 2.75) is 51.1 Å². The molecular weight excluding hydrogens is 338 g/mol. The van der Waals surface area contributed by atoms with Gasteiger partial charge in [0.2, 0.25) is 5.91 Å². The fourth-order valence-electron chi connectivity index (χ4n) is 4.63. The number of aromatic nitrogens is 3. The Hall–Kier alpha value is -2.21. The van der Waals surface area contributed by atoms with Gasteiger partial charge < -0.3 is 0 Å². The molecule has 1 amide bonds. The van der Waals surface area contributed by atoms with Gasteiger partial charge in [-0.2, -0.15) is 5.10 Å². The molecule has 2 aromatic rings. The second-order valence-electron chi connectivity index (χ2n) is 8.54. The van der Waals surface area contributed by atoms with Crippen molar-refractivity contribution in [1.29, 1.82) is 0 Å². The molecule has 6 heteroatoms. The number of likely N-dealkylation sites (tertiary alicyclic amines) is 1. The van der Waals surface area contributed by atoms with Gasteiger partial charge in [-0.15, -0.1) is 0 Å². The number of anilines is 1. The highest BCUT2D eigenvalue weighted by molar-refractivity contribution is 5.94. The zero-order valence-electron chi connectivity index (χ0n) is 16.0. The minimum Gasteiger partial charge on any atom is -0.299 e. The highest BCUT2D eigenvalue weighted by atomic mass is 16.2. The summed E-state index contributed by atoms with van der Waals surface area (Å²) >= 11 is 0. The van der Waals surface area contributed by atoms with E-state index in [1.807, 2.05) is 30.3 Å². The fraction of sp³-hybridized carbons (Fsp3) is 0.571. The van der Waals surface area contributed by atoms with E-state index in [1.54, 1.807) is 0 Å². The molecular formula is C21H27N5O. The predicted octanol–water partition coefficient (Wildman–Crippen LogP) is 2.72. The van der Waals surface area contributed by atoms with Gasteiger partial charge in [-0.25, -0.2) is 4.68 Å². The number of nitrogens with zero attached hydrogens (tertiary/aromatic N) is 5. The van der Waals surface area contributed by atoms with Gasteiger partial charge in [-0.05, 0) is 50.2 Å². The van der Waals surface area contributed by atoms with Gasteiger partial charge in [0, 0.05) is 44.6 Å². The molecule has 5 rings (SSSR count). The second-order valence-corrected chi connectivity index (χ2v) is 8.54. The van der Waals surface area contributed by atoms with E-state index in [4.69, 9.17) is 5.10 Å². The SMILES string of the molecule is Cc1cc2n(n1)C1(CCN(Cc3cccnc3)CC1)CC(=O)N2CC1CC1. The third kappa shape index (κ3) is 3.16. The van der Waals surface area contributed by atoms with Crippen LogP contribution < -0.4 is 4.90 Å². The van der Waals surface area contributed by atoms with Crippen molar-refractivity contribution in [2.24, 2.45) is 5.92 Å². The van der Waals surface area contributed by atoms with Crippen LogP contribution in [0.4, 0.5) is 5.82 Å². The van der Waals surface area contributed by atoms with Crippen LogP contribution in [-0.4, -0.2) is 45.2 Å². The largest absolute Gasteiger partial charge is 0.299 e. The number of pyridine rings is 1. The molecule has 2 aromatic heterocycles. The van der Waals surface area contributed by atoms with Gasteiger partial charge in [-0.3, -0.25) is 19.6 Å². The zero-order valence-corrected chi connectivity index (χ0v) is 16.0. The predicted molar refractivity (Wildman–Crippen MR) is 103 cm³/mol. The number of carbonyl (C=O) groups is 1. The Morgan fingerprint density at radius 3 is 2.78 bits per heavy atom. The number of hydrogen-bond acceptors (Lipinski definition) is 4. The molecule has 27 heavy (non-hydrogen) atoms. The van der Waals surface area contributed by atoms with Crippen LogP contribution in [0.15, 0.2) is 30.6 Å².